The van der Waals surface area contributed by atoms with Crippen LogP contribution >= 0.6 is 0 Å². The predicted molar refractivity (Wildman–Crippen MR) is 94.4 cm³/mol. The molecule has 0 radical (unpaired) electrons. The van der Waals surface area contributed by atoms with Gasteiger partial charge in [-0.05, 0) is 49.8 Å². The van der Waals surface area contributed by atoms with E-state index in [2.05, 4.69) is 10.2 Å². The number of hydrogen-bond acceptors (Lipinski definition) is 5. The van der Waals surface area contributed by atoms with Crippen molar-refractivity contribution in [1.82, 2.24) is 10.2 Å². The van der Waals surface area contributed by atoms with E-state index in [1.165, 1.54) is 18.2 Å². The fourth-order valence-electron chi connectivity index (χ4n) is 2.21. The van der Waals surface area contributed by atoms with Crippen LogP contribution in [0.2, 0.25) is 0 Å². The van der Waals surface area contributed by atoms with Crippen LogP contribution in [0.5, 0.6) is 0 Å². The van der Waals surface area contributed by atoms with E-state index in [4.69, 9.17) is 9.15 Å². The Morgan fingerprint density at radius 2 is 1.81 bits per heavy atom. The summed E-state index contributed by atoms with van der Waals surface area (Å²) < 4.78 is 23.7. The zero-order chi connectivity index (χ0) is 18.5. The third-order valence-electron chi connectivity index (χ3n) is 3.66. The molecular formula is C20H17FN2O3. The van der Waals surface area contributed by atoms with Crippen molar-refractivity contribution in [3.63, 3.8) is 0 Å². The Balaban J connectivity index is 1.62. The lowest BCUT2D eigenvalue weighted by Gasteiger charge is -2.06. The van der Waals surface area contributed by atoms with Crippen LogP contribution in [0.1, 0.15) is 30.0 Å². The van der Waals surface area contributed by atoms with Crippen molar-refractivity contribution in [1.29, 1.82) is 0 Å². The van der Waals surface area contributed by atoms with E-state index < -0.39 is 12.1 Å². The van der Waals surface area contributed by atoms with Crippen molar-refractivity contribution >= 4 is 12.0 Å². The molecule has 0 saturated carbocycles. The van der Waals surface area contributed by atoms with Crippen molar-refractivity contribution < 1.29 is 18.3 Å². The van der Waals surface area contributed by atoms with Crippen LogP contribution in [0, 0.1) is 12.7 Å². The van der Waals surface area contributed by atoms with E-state index in [-0.39, 0.29) is 11.7 Å². The smallest absolute Gasteiger partial charge is 0.331 e. The van der Waals surface area contributed by atoms with Gasteiger partial charge < -0.3 is 9.15 Å². The van der Waals surface area contributed by atoms with E-state index in [9.17, 15) is 9.18 Å². The number of benzene rings is 2. The van der Waals surface area contributed by atoms with Crippen LogP contribution in [0.25, 0.3) is 17.5 Å². The van der Waals surface area contributed by atoms with Gasteiger partial charge in [0.15, 0.2) is 6.10 Å². The summed E-state index contributed by atoms with van der Waals surface area (Å²) in [6, 6.07) is 13.4. The van der Waals surface area contributed by atoms with E-state index >= 15 is 0 Å². The van der Waals surface area contributed by atoms with Crippen molar-refractivity contribution in [2.45, 2.75) is 20.0 Å². The molecule has 1 heterocycles. The zero-order valence-electron chi connectivity index (χ0n) is 14.3. The molecule has 3 aromatic rings. The first-order chi connectivity index (χ1) is 12.5. The molecule has 3 rings (SSSR count). The average Bonchev–Trinajstić information content (AvgIpc) is 3.12. The minimum Gasteiger partial charge on any atom is -0.449 e. The molecule has 26 heavy (non-hydrogen) atoms. The van der Waals surface area contributed by atoms with Gasteiger partial charge in [-0.1, -0.05) is 29.8 Å². The van der Waals surface area contributed by atoms with Gasteiger partial charge in [0.25, 0.3) is 5.89 Å². The summed E-state index contributed by atoms with van der Waals surface area (Å²) in [6.07, 6.45) is 2.12. The third-order valence-corrected chi connectivity index (χ3v) is 3.66. The Bertz CT molecular complexity index is 915. The molecule has 0 aliphatic carbocycles. The van der Waals surface area contributed by atoms with Gasteiger partial charge in [0.2, 0.25) is 5.89 Å². The first-order valence-electron chi connectivity index (χ1n) is 8.06. The fourth-order valence-corrected chi connectivity index (χ4v) is 2.21. The second-order valence-corrected chi connectivity index (χ2v) is 5.78. The average molecular weight is 352 g/mol. The number of halogens is 1. The SMILES string of the molecule is Cc1ccc(-c2nnc([C@H](C)OC(=O)/C=C/c3ccc(F)cc3)o2)cc1. The number of esters is 1. The van der Waals surface area contributed by atoms with Gasteiger partial charge in [-0.3, -0.25) is 0 Å². The highest BCUT2D eigenvalue weighted by atomic mass is 19.1. The highest BCUT2D eigenvalue weighted by Crippen LogP contribution is 2.22. The predicted octanol–water partition coefficient (Wildman–Crippen LogP) is 4.50. The van der Waals surface area contributed by atoms with Crippen molar-refractivity contribution in [3.05, 3.63) is 77.4 Å². The standard InChI is InChI=1S/C20H17FN2O3/c1-13-3-8-16(9-4-13)20-23-22-19(26-20)14(2)25-18(24)12-7-15-5-10-17(21)11-6-15/h3-12,14H,1-2H3/b12-7+/t14-/m0/s1. The summed E-state index contributed by atoms with van der Waals surface area (Å²) in [5.41, 5.74) is 2.61. The number of nitrogens with zero attached hydrogens (tertiary/aromatic N) is 2. The molecule has 6 heteroatoms. The quantitative estimate of drug-likeness (QED) is 0.500. The summed E-state index contributed by atoms with van der Waals surface area (Å²) in [6.45, 7) is 3.64. The first-order valence-corrected chi connectivity index (χ1v) is 8.06. The van der Waals surface area contributed by atoms with Gasteiger partial charge in [0.1, 0.15) is 5.82 Å². The normalized spacial score (nSPS) is 12.3. The minimum atomic E-state index is -0.688. The Morgan fingerprint density at radius 1 is 1.12 bits per heavy atom. The monoisotopic (exact) mass is 352 g/mol. The van der Waals surface area contributed by atoms with Gasteiger partial charge in [0.05, 0.1) is 0 Å². The number of rotatable bonds is 5. The van der Waals surface area contributed by atoms with E-state index in [1.54, 1.807) is 25.1 Å². The molecule has 2 aromatic carbocycles. The Labute approximate surface area is 150 Å². The molecule has 0 aliphatic heterocycles. The number of ether oxygens (including phenoxy) is 1. The second-order valence-electron chi connectivity index (χ2n) is 5.78. The molecule has 132 valence electrons. The van der Waals surface area contributed by atoms with Crippen LogP contribution < -0.4 is 0 Å². The van der Waals surface area contributed by atoms with Crippen molar-refractivity contribution in [2.24, 2.45) is 0 Å². The molecule has 1 aromatic heterocycles. The lowest BCUT2D eigenvalue weighted by Crippen LogP contribution is -2.06. The molecule has 0 amide bonds. The molecule has 0 N–H and O–H groups in total. The number of hydrogen-bond donors (Lipinski definition) is 0. The maximum atomic E-state index is 12.9. The molecule has 1 atom stereocenters. The Hall–Kier alpha value is -3.28. The molecule has 0 fully saturated rings. The van der Waals surface area contributed by atoms with Crippen LogP contribution in [-0.4, -0.2) is 16.2 Å². The Kier molecular flexibility index (Phi) is 5.22. The van der Waals surface area contributed by atoms with Crippen molar-refractivity contribution in [3.8, 4) is 11.5 Å². The molecule has 5 nitrogen and oxygen atoms in total. The summed E-state index contributed by atoms with van der Waals surface area (Å²) in [7, 11) is 0. The Morgan fingerprint density at radius 3 is 2.50 bits per heavy atom. The van der Waals surface area contributed by atoms with E-state index in [0.717, 1.165) is 11.1 Å². The molecule has 0 bridgehead atoms. The number of carbonyl (C=O) groups is 1. The third kappa shape index (κ3) is 4.42. The van der Waals surface area contributed by atoms with Gasteiger partial charge in [-0.2, -0.15) is 0 Å². The fraction of sp³-hybridized carbons (Fsp3) is 0.150. The lowest BCUT2D eigenvalue weighted by atomic mass is 10.1. The van der Waals surface area contributed by atoms with Crippen LogP contribution in [0.15, 0.2) is 59.0 Å². The summed E-state index contributed by atoms with van der Waals surface area (Å²) >= 11 is 0. The topological polar surface area (TPSA) is 65.2 Å². The first kappa shape index (κ1) is 17.5. The van der Waals surface area contributed by atoms with Crippen LogP contribution in [-0.2, 0) is 9.53 Å². The molecular weight excluding hydrogens is 335 g/mol. The largest absolute Gasteiger partial charge is 0.449 e. The van der Waals surface area contributed by atoms with Gasteiger partial charge >= 0.3 is 5.97 Å². The molecule has 0 saturated heterocycles. The maximum Gasteiger partial charge on any atom is 0.331 e. The highest BCUT2D eigenvalue weighted by Gasteiger charge is 2.18. The second kappa shape index (κ2) is 7.74. The summed E-state index contributed by atoms with van der Waals surface area (Å²) in [5, 5.41) is 7.92. The number of carbonyl (C=O) groups excluding carboxylic acids is 1. The van der Waals surface area contributed by atoms with Gasteiger partial charge in [-0.15, -0.1) is 10.2 Å². The minimum absolute atomic E-state index is 0.212. The van der Waals surface area contributed by atoms with Crippen molar-refractivity contribution in [2.75, 3.05) is 0 Å². The summed E-state index contributed by atoms with van der Waals surface area (Å²) in [5.74, 6) is -0.315. The van der Waals surface area contributed by atoms with E-state index in [0.29, 0.717) is 11.5 Å². The number of aromatic nitrogens is 2. The van der Waals surface area contributed by atoms with E-state index in [1.807, 2.05) is 31.2 Å². The van der Waals surface area contributed by atoms with Gasteiger partial charge in [-0.25, -0.2) is 9.18 Å². The highest BCUT2D eigenvalue weighted by molar-refractivity contribution is 5.87. The molecule has 0 spiro atoms. The maximum absolute atomic E-state index is 12.9. The van der Waals surface area contributed by atoms with Crippen LogP contribution in [0.4, 0.5) is 4.39 Å². The molecule has 0 unspecified atom stereocenters. The zero-order valence-corrected chi connectivity index (χ0v) is 14.3. The molecule has 0 aliphatic rings. The summed E-state index contributed by atoms with van der Waals surface area (Å²) in [4.78, 5) is 11.9. The van der Waals surface area contributed by atoms with Crippen LogP contribution in [0.3, 0.4) is 0 Å². The lowest BCUT2D eigenvalue weighted by molar-refractivity contribution is -0.143. The number of aryl methyl sites for hydroxylation is 1. The van der Waals surface area contributed by atoms with Gasteiger partial charge in [0, 0.05) is 11.6 Å².